The number of H-pyrrole nitrogens is 1. The number of urea groups is 1. The van der Waals surface area contributed by atoms with E-state index in [2.05, 4.69) is 20.5 Å². The molecular weight excluding hydrogens is 417 g/mol. The smallest absolute Gasteiger partial charge is 0.353 e. The van der Waals surface area contributed by atoms with Crippen LogP contribution in [-0.2, 0) is 38.5 Å². The molecule has 0 radical (unpaired) electrons. The van der Waals surface area contributed by atoms with E-state index in [1.54, 1.807) is 0 Å². The minimum Gasteiger partial charge on any atom is -0.353 e. The summed E-state index contributed by atoms with van der Waals surface area (Å²) in [6.07, 6.45) is -0.614. The maximum absolute atomic E-state index is 13.6. The number of carbonyl (C=O) groups excluding carboxylic acids is 2. The second-order valence-corrected chi connectivity index (χ2v) is 8.68. The molecule has 30 heavy (non-hydrogen) atoms. The van der Waals surface area contributed by atoms with Gasteiger partial charge in [0, 0.05) is 35.8 Å². The molecule has 0 saturated heterocycles. The van der Waals surface area contributed by atoms with Crippen LogP contribution in [0.25, 0.3) is 0 Å². The van der Waals surface area contributed by atoms with Crippen molar-refractivity contribution in [2.75, 3.05) is 18.4 Å². The topological polar surface area (TPSA) is 77.2 Å². The van der Waals surface area contributed by atoms with Gasteiger partial charge in [0.2, 0.25) is 0 Å². The van der Waals surface area contributed by atoms with Crippen molar-refractivity contribution in [1.29, 1.82) is 0 Å². The molecule has 1 aliphatic carbocycles. The monoisotopic (exact) mass is 440 g/mol. The molecule has 0 spiro atoms. The standard InChI is InChI=1S/C20H23F3N4O2S/c1-2-27-7-6-11-13(17(20(21,22)23)25-15(11)9-27)8-24-19(29)26-18-14(10-28)12-4-3-5-16(12)30-18/h10,25H,2-9H2,1H3,(H2,24,26,29). The third-order valence-electron chi connectivity index (χ3n) is 5.83. The fourth-order valence-corrected chi connectivity index (χ4v) is 5.57. The summed E-state index contributed by atoms with van der Waals surface area (Å²) in [5.74, 6) is 0. The highest BCUT2D eigenvalue weighted by Crippen LogP contribution is 2.38. The van der Waals surface area contributed by atoms with Gasteiger partial charge < -0.3 is 10.3 Å². The number of aldehydes is 1. The van der Waals surface area contributed by atoms with Crippen LogP contribution in [0.4, 0.5) is 23.0 Å². The Bertz CT molecular complexity index is 980. The predicted molar refractivity (Wildman–Crippen MR) is 108 cm³/mol. The number of hydrogen-bond acceptors (Lipinski definition) is 4. The van der Waals surface area contributed by atoms with Crippen molar-refractivity contribution in [1.82, 2.24) is 15.2 Å². The Labute approximate surface area is 175 Å². The SMILES string of the molecule is CCN1CCc2c([nH]c(C(F)(F)F)c2CNC(=O)Nc2sc3c(c2C=O)CCC3)C1. The Morgan fingerprint density at radius 3 is 2.77 bits per heavy atom. The summed E-state index contributed by atoms with van der Waals surface area (Å²) in [6.45, 7) is 3.62. The van der Waals surface area contributed by atoms with E-state index in [-0.39, 0.29) is 12.1 Å². The number of anilines is 1. The number of thiophene rings is 1. The van der Waals surface area contributed by atoms with Gasteiger partial charge in [0.25, 0.3) is 0 Å². The van der Waals surface area contributed by atoms with Crippen LogP contribution in [0.1, 0.15) is 56.7 Å². The lowest BCUT2D eigenvalue weighted by Crippen LogP contribution is -2.32. The molecule has 6 nitrogen and oxygen atoms in total. The van der Waals surface area contributed by atoms with Gasteiger partial charge in [-0.15, -0.1) is 11.3 Å². The molecule has 2 aromatic heterocycles. The van der Waals surface area contributed by atoms with Crippen LogP contribution in [0.2, 0.25) is 0 Å². The Hall–Kier alpha value is -2.33. The first-order valence-electron chi connectivity index (χ1n) is 9.98. The molecule has 4 rings (SSSR count). The van der Waals surface area contributed by atoms with E-state index >= 15 is 0 Å². The van der Waals surface area contributed by atoms with Crippen molar-refractivity contribution in [3.05, 3.63) is 38.5 Å². The molecule has 162 valence electrons. The first-order chi connectivity index (χ1) is 14.3. The maximum Gasteiger partial charge on any atom is 0.431 e. The minimum atomic E-state index is -4.53. The molecule has 1 aliphatic heterocycles. The number of carbonyl (C=O) groups is 2. The number of amides is 2. The summed E-state index contributed by atoms with van der Waals surface area (Å²) in [4.78, 5) is 29.5. The van der Waals surface area contributed by atoms with Gasteiger partial charge in [0.15, 0.2) is 6.29 Å². The molecule has 0 aromatic carbocycles. The summed E-state index contributed by atoms with van der Waals surface area (Å²) >= 11 is 1.36. The van der Waals surface area contributed by atoms with Gasteiger partial charge in [0.05, 0.1) is 5.56 Å². The van der Waals surface area contributed by atoms with E-state index in [0.717, 1.165) is 42.5 Å². The number of likely N-dealkylation sites (N-methyl/N-ethyl adjacent to an activating group) is 1. The molecule has 0 bridgehead atoms. The van der Waals surface area contributed by atoms with Crippen LogP contribution in [0.15, 0.2) is 0 Å². The minimum absolute atomic E-state index is 0.0905. The van der Waals surface area contributed by atoms with Gasteiger partial charge in [-0.05, 0) is 43.4 Å². The average molecular weight is 440 g/mol. The summed E-state index contributed by atoms with van der Waals surface area (Å²) in [7, 11) is 0. The number of rotatable bonds is 5. The lowest BCUT2D eigenvalue weighted by Gasteiger charge is -2.25. The Balaban J connectivity index is 1.50. The van der Waals surface area contributed by atoms with Crippen LogP contribution in [0, 0.1) is 0 Å². The van der Waals surface area contributed by atoms with Gasteiger partial charge in [-0.2, -0.15) is 13.2 Å². The number of aromatic amines is 1. The van der Waals surface area contributed by atoms with E-state index < -0.39 is 17.9 Å². The van der Waals surface area contributed by atoms with E-state index in [1.165, 1.54) is 11.3 Å². The van der Waals surface area contributed by atoms with Crippen molar-refractivity contribution >= 4 is 28.7 Å². The van der Waals surface area contributed by atoms with Gasteiger partial charge in [-0.3, -0.25) is 15.0 Å². The molecule has 3 heterocycles. The number of nitrogens with zero attached hydrogens (tertiary/aromatic N) is 1. The van der Waals surface area contributed by atoms with Crippen molar-refractivity contribution in [2.24, 2.45) is 0 Å². The Kier molecular flexibility index (Phi) is 5.63. The number of halogens is 3. The number of aromatic nitrogens is 1. The summed E-state index contributed by atoms with van der Waals surface area (Å²) in [6, 6.07) is -0.618. The molecular formula is C20H23F3N4O2S. The van der Waals surface area contributed by atoms with E-state index in [4.69, 9.17) is 0 Å². The summed E-state index contributed by atoms with van der Waals surface area (Å²) in [5, 5.41) is 5.65. The second-order valence-electron chi connectivity index (χ2n) is 7.58. The molecule has 2 amide bonds. The average Bonchev–Trinajstić information content (AvgIpc) is 3.37. The lowest BCUT2D eigenvalue weighted by atomic mass is 10.0. The maximum atomic E-state index is 13.6. The molecule has 0 fully saturated rings. The van der Waals surface area contributed by atoms with Crippen molar-refractivity contribution in [3.63, 3.8) is 0 Å². The third-order valence-corrected chi connectivity index (χ3v) is 7.05. The highest BCUT2D eigenvalue weighted by Gasteiger charge is 2.38. The second kappa shape index (κ2) is 8.07. The lowest BCUT2D eigenvalue weighted by molar-refractivity contribution is -0.141. The van der Waals surface area contributed by atoms with Gasteiger partial charge in [-0.1, -0.05) is 6.92 Å². The van der Waals surface area contributed by atoms with Crippen molar-refractivity contribution in [3.8, 4) is 0 Å². The number of hydrogen-bond donors (Lipinski definition) is 3. The van der Waals surface area contributed by atoms with E-state index in [1.807, 2.05) is 6.92 Å². The number of nitrogens with one attached hydrogen (secondary N) is 3. The van der Waals surface area contributed by atoms with Crippen molar-refractivity contribution < 1.29 is 22.8 Å². The molecule has 2 aromatic rings. The molecule has 0 atom stereocenters. The highest BCUT2D eigenvalue weighted by molar-refractivity contribution is 7.17. The number of aryl methyl sites for hydroxylation is 1. The summed E-state index contributed by atoms with van der Waals surface area (Å²) in [5.41, 5.74) is 1.95. The quantitative estimate of drug-likeness (QED) is 0.613. The largest absolute Gasteiger partial charge is 0.431 e. The fourth-order valence-electron chi connectivity index (χ4n) is 4.31. The highest BCUT2D eigenvalue weighted by atomic mass is 32.1. The zero-order valence-corrected chi connectivity index (χ0v) is 17.4. The van der Waals surface area contributed by atoms with Crippen LogP contribution in [0.3, 0.4) is 0 Å². The summed E-state index contributed by atoms with van der Waals surface area (Å²) < 4.78 is 40.7. The van der Waals surface area contributed by atoms with Crippen LogP contribution in [0.5, 0.6) is 0 Å². The van der Waals surface area contributed by atoms with Gasteiger partial charge in [-0.25, -0.2) is 4.79 Å². The first-order valence-corrected chi connectivity index (χ1v) is 10.8. The van der Waals surface area contributed by atoms with Crippen LogP contribution in [-0.4, -0.2) is 35.3 Å². The number of fused-ring (bicyclic) bond motifs is 2. The van der Waals surface area contributed by atoms with Gasteiger partial charge in [0.1, 0.15) is 10.7 Å². The molecule has 0 unspecified atom stereocenters. The predicted octanol–water partition coefficient (Wildman–Crippen LogP) is 4.10. The molecule has 0 saturated carbocycles. The van der Waals surface area contributed by atoms with Crippen LogP contribution >= 0.6 is 11.3 Å². The van der Waals surface area contributed by atoms with Crippen molar-refractivity contribution in [2.45, 2.75) is 51.9 Å². The Morgan fingerprint density at radius 1 is 1.27 bits per heavy atom. The Morgan fingerprint density at radius 2 is 2.07 bits per heavy atom. The van der Waals surface area contributed by atoms with Gasteiger partial charge >= 0.3 is 12.2 Å². The van der Waals surface area contributed by atoms with Crippen LogP contribution < -0.4 is 10.6 Å². The molecule has 2 aliphatic rings. The number of alkyl halides is 3. The molecule has 3 N–H and O–H groups in total. The third kappa shape index (κ3) is 3.85. The fraction of sp³-hybridized carbons (Fsp3) is 0.500. The molecule has 10 heteroatoms. The first kappa shape index (κ1) is 20.9. The zero-order chi connectivity index (χ0) is 21.5. The normalized spacial score (nSPS) is 16.3. The zero-order valence-electron chi connectivity index (χ0n) is 16.5. The van der Waals surface area contributed by atoms with E-state index in [9.17, 15) is 22.8 Å². The van der Waals surface area contributed by atoms with E-state index in [0.29, 0.717) is 41.3 Å².